The molecular formula is C29H30BrN3O5. The molecular weight excluding hydrogens is 550 g/mol. The lowest BCUT2D eigenvalue weighted by molar-refractivity contribution is 0.000802. The summed E-state index contributed by atoms with van der Waals surface area (Å²) in [5.41, 5.74) is 1.29. The summed E-state index contributed by atoms with van der Waals surface area (Å²) in [6.45, 7) is 0.681. The van der Waals surface area contributed by atoms with Gasteiger partial charge in [0.05, 0.1) is 25.7 Å². The molecule has 0 aliphatic carbocycles. The molecule has 2 atom stereocenters. The van der Waals surface area contributed by atoms with Crippen molar-refractivity contribution in [2.45, 2.75) is 17.9 Å². The number of aromatic nitrogens is 2. The maximum Gasteiger partial charge on any atom is 0.231 e. The molecule has 1 aliphatic heterocycles. The van der Waals surface area contributed by atoms with Gasteiger partial charge in [0.15, 0.2) is 11.5 Å². The van der Waals surface area contributed by atoms with Crippen LogP contribution in [-0.2, 0) is 5.60 Å². The fourth-order valence-corrected chi connectivity index (χ4v) is 5.47. The third-order valence-electron chi connectivity index (χ3n) is 6.86. The van der Waals surface area contributed by atoms with Crippen LogP contribution in [0.25, 0.3) is 10.9 Å². The normalized spacial score (nSPS) is 14.9. The maximum atomic E-state index is 13.0. The largest absolute Gasteiger partial charge is 0.481 e. The van der Waals surface area contributed by atoms with Gasteiger partial charge in [0.25, 0.3) is 0 Å². The van der Waals surface area contributed by atoms with Gasteiger partial charge >= 0.3 is 0 Å². The summed E-state index contributed by atoms with van der Waals surface area (Å²) in [6.07, 6.45) is 2.03. The summed E-state index contributed by atoms with van der Waals surface area (Å²) in [5.74, 6) is 1.24. The van der Waals surface area contributed by atoms with Crippen LogP contribution in [0.4, 0.5) is 0 Å². The number of benzene rings is 2. The van der Waals surface area contributed by atoms with Crippen LogP contribution in [0.1, 0.15) is 29.0 Å². The second-order valence-corrected chi connectivity index (χ2v) is 10.4. The number of nitrogens with zero attached hydrogens (tertiary/aromatic N) is 3. The Morgan fingerprint density at radius 1 is 1.03 bits per heavy atom. The molecule has 3 heterocycles. The molecule has 1 aliphatic rings. The van der Waals surface area contributed by atoms with Crippen molar-refractivity contribution in [2.75, 3.05) is 41.7 Å². The molecule has 5 rings (SSSR count). The number of methoxy groups -OCH3 is 2. The average Bonchev–Trinajstić information content (AvgIpc) is 3.41. The van der Waals surface area contributed by atoms with E-state index in [9.17, 15) is 5.11 Å². The number of rotatable bonds is 9. The molecule has 0 amide bonds. The third-order valence-corrected chi connectivity index (χ3v) is 7.35. The molecule has 0 bridgehead atoms. The lowest BCUT2D eigenvalue weighted by atomic mass is 9.71. The Kier molecular flexibility index (Phi) is 7.43. The third kappa shape index (κ3) is 4.77. The number of para-hydroxylation sites is 1. The van der Waals surface area contributed by atoms with Crippen LogP contribution in [0.3, 0.4) is 0 Å². The van der Waals surface area contributed by atoms with E-state index < -0.39 is 11.5 Å². The second-order valence-electron chi connectivity index (χ2n) is 9.48. The number of hydrogen-bond donors (Lipinski definition) is 1. The van der Waals surface area contributed by atoms with Gasteiger partial charge in [0.1, 0.15) is 5.60 Å². The van der Waals surface area contributed by atoms with Crippen LogP contribution in [0.15, 0.2) is 65.3 Å². The van der Waals surface area contributed by atoms with Crippen molar-refractivity contribution in [3.05, 3.63) is 82.0 Å². The fraction of sp³-hybridized carbons (Fsp3) is 0.310. The van der Waals surface area contributed by atoms with Crippen molar-refractivity contribution in [1.82, 2.24) is 14.9 Å². The van der Waals surface area contributed by atoms with Crippen LogP contribution in [-0.4, -0.2) is 61.6 Å². The van der Waals surface area contributed by atoms with Crippen LogP contribution in [0.2, 0.25) is 0 Å². The summed E-state index contributed by atoms with van der Waals surface area (Å²) < 4.78 is 24.1. The Hall–Kier alpha value is -3.40. The van der Waals surface area contributed by atoms with E-state index in [1.165, 1.54) is 0 Å². The molecule has 4 aromatic rings. The molecule has 198 valence electrons. The van der Waals surface area contributed by atoms with Gasteiger partial charge in [0, 0.05) is 39.3 Å². The van der Waals surface area contributed by atoms with Gasteiger partial charge in [0.2, 0.25) is 18.6 Å². The number of ether oxygens (including phenoxy) is 4. The standard InChI is InChI=1S/C29H30BrN3O5/c1-33(2)14-12-29(34,22-8-5-9-24-26(22)38-17-37-24)25(20-7-6-13-31-27(20)35-3)21-16-18-15-19(30)10-11-23(18)32-28(21)36-4/h5-11,13,15-16,25,34H,12,14,17H2,1-4H3. The highest BCUT2D eigenvalue weighted by atomic mass is 79.9. The minimum absolute atomic E-state index is 0.0892. The van der Waals surface area contributed by atoms with E-state index in [1.54, 1.807) is 20.4 Å². The Bertz CT molecular complexity index is 1460. The molecule has 0 fully saturated rings. The van der Waals surface area contributed by atoms with Crippen molar-refractivity contribution in [2.24, 2.45) is 0 Å². The smallest absolute Gasteiger partial charge is 0.231 e. The molecule has 0 saturated carbocycles. The van der Waals surface area contributed by atoms with E-state index in [0.29, 0.717) is 52.9 Å². The summed E-state index contributed by atoms with van der Waals surface area (Å²) in [4.78, 5) is 11.3. The molecule has 8 nitrogen and oxygen atoms in total. The first kappa shape index (κ1) is 26.2. The van der Waals surface area contributed by atoms with Gasteiger partial charge in [-0.2, -0.15) is 0 Å². The molecule has 38 heavy (non-hydrogen) atoms. The van der Waals surface area contributed by atoms with Crippen LogP contribution in [0, 0.1) is 0 Å². The van der Waals surface area contributed by atoms with Crippen molar-refractivity contribution < 1.29 is 24.1 Å². The summed E-state index contributed by atoms with van der Waals surface area (Å²) in [6, 6.07) is 17.2. The molecule has 2 aromatic heterocycles. The monoisotopic (exact) mass is 579 g/mol. The zero-order valence-electron chi connectivity index (χ0n) is 21.8. The molecule has 0 radical (unpaired) electrons. The predicted molar refractivity (Wildman–Crippen MR) is 148 cm³/mol. The van der Waals surface area contributed by atoms with E-state index in [0.717, 1.165) is 15.4 Å². The van der Waals surface area contributed by atoms with E-state index >= 15 is 0 Å². The van der Waals surface area contributed by atoms with E-state index in [4.69, 9.17) is 23.9 Å². The van der Waals surface area contributed by atoms with Crippen molar-refractivity contribution in [3.8, 4) is 23.3 Å². The average molecular weight is 580 g/mol. The summed E-state index contributed by atoms with van der Waals surface area (Å²) in [5, 5.41) is 13.9. The minimum atomic E-state index is -1.49. The Balaban J connectivity index is 1.85. The maximum absolute atomic E-state index is 13.0. The van der Waals surface area contributed by atoms with Crippen LogP contribution >= 0.6 is 15.9 Å². The highest BCUT2D eigenvalue weighted by Crippen LogP contribution is 2.53. The van der Waals surface area contributed by atoms with Crippen molar-refractivity contribution >= 4 is 26.8 Å². The number of pyridine rings is 2. The first-order valence-electron chi connectivity index (χ1n) is 12.2. The fourth-order valence-electron chi connectivity index (χ4n) is 5.09. The summed E-state index contributed by atoms with van der Waals surface area (Å²) >= 11 is 3.57. The van der Waals surface area contributed by atoms with Gasteiger partial charge < -0.3 is 29.0 Å². The first-order valence-corrected chi connectivity index (χ1v) is 13.0. The lowest BCUT2D eigenvalue weighted by Crippen LogP contribution is -2.38. The van der Waals surface area contributed by atoms with Gasteiger partial charge in [-0.05, 0) is 56.9 Å². The van der Waals surface area contributed by atoms with Gasteiger partial charge in [-0.25, -0.2) is 9.97 Å². The molecule has 2 aromatic carbocycles. The van der Waals surface area contributed by atoms with Crippen molar-refractivity contribution in [1.29, 1.82) is 0 Å². The molecule has 9 heteroatoms. The van der Waals surface area contributed by atoms with Crippen LogP contribution < -0.4 is 18.9 Å². The number of halogens is 1. The van der Waals surface area contributed by atoms with E-state index in [-0.39, 0.29) is 6.79 Å². The predicted octanol–water partition coefficient (Wildman–Crippen LogP) is 5.11. The highest BCUT2D eigenvalue weighted by molar-refractivity contribution is 9.10. The Morgan fingerprint density at radius 2 is 1.84 bits per heavy atom. The van der Waals surface area contributed by atoms with Gasteiger partial charge in [-0.15, -0.1) is 0 Å². The quantitative estimate of drug-likeness (QED) is 0.293. The highest BCUT2D eigenvalue weighted by Gasteiger charge is 2.46. The Morgan fingerprint density at radius 3 is 2.61 bits per heavy atom. The number of aliphatic hydroxyl groups is 1. The lowest BCUT2D eigenvalue weighted by Gasteiger charge is -2.39. The number of hydrogen-bond acceptors (Lipinski definition) is 8. The van der Waals surface area contributed by atoms with Gasteiger partial charge in [-0.1, -0.05) is 34.1 Å². The molecule has 0 spiro atoms. The van der Waals surface area contributed by atoms with E-state index in [2.05, 4.69) is 20.9 Å². The SMILES string of the molecule is COc1ncccc1C(c1cc2cc(Br)ccc2nc1OC)C(O)(CCN(C)C)c1cccc2c1OCO2. The first-order chi connectivity index (χ1) is 18.4. The Labute approximate surface area is 230 Å². The van der Waals surface area contributed by atoms with E-state index in [1.807, 2.05) is 73.6 Å². The molecule has 1 N–H and O–H groups in total. The second kappa shape index (κ2) is 10.8. The molecule has 0 saturated heterocycles. The molecule has 2 unspecified atom stereocenters. The topological polar surface area (TPSA) is 86.2 Å². The zero-order chi connectivity index (χ0) is 26.9. The van der Waals surface area contributed by atoms with Gasteiger partial charge in [-0.3, -0.25) is 0 Å². The number of fused-ring (bicyclic) bond motifs is 2. The summed E-state index contributed by atoms with van der Waals surface area (Å²) in [7, 11) is 7.12. The minimum Gasteiger partial charge on any atom is -0.481 e. The zero-order valence-corrected chi connectivity index (χ0v) is 23.4. The van der Waals surface area contributed by atoms with Crippen LogP contribution in [0.5, 0.6) is 23.3 Å². The van der Waals surface area contributed by atoms with Crippen molar-refractivity contribution in [3.63, 3.8) is 0 Å².